The first-order chi connectivity index (χ1) is 12.5. The van der Waals surface area contributed by atoms with Gasteiger partial charge in [-0.05, 0) is 36.4 Å². The second-order valence-electron chi connectivity index (χ2n) is 5.48. The minimum atomic E-state index is -0.373. The summed E-state index contributed by atoms with van der Waals surface area (Å²) >= 11 is 6.09. The van der Waals surface area contributed by atoms with Gasteiger partial charge in [0.25, 0.3) is 0 Å². The summed E-state index contributed by atoms with van der Waals surface area (Å²) in [4.78, 5) is 32.0. The summed E-state index contributed by atoms with van der Waals surface area (Å²) in [5.41, 5.74) is 3.05. The average molecular weight is 367 g/mol. The smallest absolute Gasteiger partial charge is 0.248 e. The molecule has 0 aliphatic rings. The summed E-state index contributed by atoms with van der Waals surface area (Å²) in [7, 11) is 0. The van der Waals surface area contributed by atoms with Gasteiger partial charge in [-0.1, -0.05) is 23.7 Å². The van der Waals surface area contributed by atoms with Gasteiger partial charge in [0.15, 0.2) is 0 Å². The van der Waals surface area contributed by atoms with Crippen LogP contribution in [0.4, 0.5) is 11.4 Å². The van der Waals surface area contributed by atoms with Crippen LogP contribution in [0.15, 0.2) is 54.7 Å². The number of para-hydroxylation sites is 2. The number of nitrogens with one attached hydrogen (secondary N) is 2. The normalized spacial score (nSPS) is 10.8. The van der Waals surface area contributed by atoms with Crippen molar-refractivity contribution >= 4 is 51.9 Å². The van der Waals surface area contributed by atoms with E-state index in [1.54, 1.807) is 30.5 Å². The second kappa shape index (κ2) is 7.76. The summed E-state index contributed by atoms with van der Waals surface area (Å²) in [5, 5.41) is 5.68. The number of aromatic nitrogens is 2. The van der Waals surface area contributed by atoms with Crippen molar-refractivity contribution in [3.05, 3.63) is 65.5 Å². The molecule has 6 nitrogen and oxygen atoms in total. The molecule has 0 atom stereocenters. The highest BCUT2D eigenvalue weighted by atomic mass is 35.5. The Kier molecular flexibility index (Phi) is 5.24. The summed E-state index contributed by atoms with van der Waals surface area (Å²) in [6.07, 6.45) is 4.51. The molecule has 3 rings (SSSR count). The quantitative estimate of drug-likeness (QED) is 0.686. The van der Waals surface area contributed by atoms with E-state index in [0.29, 0.717) is 22.1 Å². The second-order valence-corrected chi connectivity index (χ2v) is 5.89. The monoisotopic (exact) mass is 366 g/mol. The maximum atomic E-state index is 12.1. The number of halogens is 1. The lowest BCUT2D eigenvalue weighted by molar-refractivity contribution is -0.114. The van der Waals surface area contributed by atoms with Crippen LogP contribution in [0.2, 0.25) is 5.02 Å². The molecule has 0 aliphatic heterocycles. The molecule has 2 amide bonds. The third-order valence-corrected chi connectivity index (χ3v) is 3.75. The molecule has 130 valence electrons. The van der Waals surface area contributed by atoms with Crippen LogP contribution in [0.1, 0.15) is 12.6 Å². The first-order valence-electron chi connectivity index (χ1n) is 7.79. The lowest BCUT2D eigenvalue weighted by Crippen LogP contribution is -2.10. The molecule has 1 heterocycles. The van der Waals surface area contributed by atoms with Crippen molar-refractivity contribution in [3.63, 3.8) is 0 Å². The largest absolute Gasteiger partial charge is 0.326 e. The predicted molar refractivity (Wildman–Crippen MR) is 103 cm³/mol. The Morgan fingerprint density at radius 1 is 1.08 bits per heavy atom. The third kappa shape index (κ3) is 4.43. The van der Waals surface area contributed by atoms with Crippen molar-refractivity contribution in [2.45, 2.75) is 6.92 Å². The van der Waals surface area contributed by atoms with Crippen LogP contribution in [-0.2, 0) is 9.59 Å². The highest BCUT2D eigenvalue weighted by molar-refractivity contribution is 6.34. The van der Waals surface area contributed by atoms with E-state index in [2.05, 4.69) is 20.6 Å². The van der Waals surface area contributed by atoms with Crippen molar-refractivity contribution in [1.82, 2.24) is 9.97 Å². The first-order valence-corrected chi connectivity index (χ1v) is 8.17. The van der Waals surface area contributed by atoms with Gasteiger partial charge in [-0.25, -0.2) is 4.98 Å². The van der Waals surface area contributed by atoms with Crippen LogP contribution in [0, 0.1) is 0 Å². The fourth-order valence-electron chi connectivity index (χ4n) is 2.29. The highest BCUT2D eigenvalue weighted by Gasteiger charge is 2.06. The van der Waals surface area contributed by atoms with E-state index >= 15 is 0 Å². The number of hydrogen-bond acceptors (Lipinski definition) is 4. The summed E-state index contributed by atoms with van der Waals surface area (Å²) in [6.45, 7) is 1.40. The average Bonchev–Trinajstić information content (AvgIpc) is 2.62. The Bertz CT molecular complexity index is 1020. The standard InChI is InChI=1S/C19H15ClN4O2/c1-12(25)22-13-6-8-15(20)18(10-13)24-19(26)9-7-14-11-21-16-4-2-3-5-17(16)23-14/h2-11H,1H3,(H,22,25)(H,24,26)/b9-7+. The Morgan fingerprint density at radius 3 is 2.62 bits per heavy atom. The molecule has 0 radical (unpaired) electrons. The number of rotatable bonds is 4. The van der Waals surface area contributed by atoms with E-state index in [0.717, 1.165) is 11.0 Å². The topological polar surface area (TPSA) is 84.0 Å². The molecule has 0 aliphatic carbocycles. The van der Waals surface area contributed by atoms with E-state index in [1.165, 1.54) is 13.0 Å². The molecule has 2 aromatic carbocycles. The number of fused-ring (bicyclic) bond motifs is 1. The van der Waals surface area contributed by atoms with Gasteiger partial charge in [-0.2, -0.15) is 0 Å². The predicted octanol–water partition coefficient (Wildman–Crippen LogP) is 3.89. The molecular formula is C19H15ClN4O2. The number of carbonyl (C=O) groups is 2. The molecule has 3 aromatic rings. The van der Waals surface area contributed by atoms with Crippen molar-refractivity contribution in [2.24, 2.45) is 0 Å². The van der Waals surface area contributed by atoms with Gasteiger partial charge in [0, 0.05) is 18.7 Å². The molecule has 0 bridgehead atoms. The number of carbonyl (C=O) groups excluding carboxylic acids is 2. The van der Waals surface area contributed by atoms with E-state index in [4.69, 9.17) is 11.6 Å². The van der Waals surface area contributed by atoms with Crippen LogP contribution in [0.3, 0.4) is 0 Å². The van der Waals surface area contributed by atoms with Gasteiger partial charge >= 0.3 is 0 Å². The molecule has 0 saturated carbocycles. The van der Waals surface area contributed by atoms with Crippen LogP contribution in [-0.4, -0.2) is 21.8 Å². The van der Waals surface area contributed by atoms with Crippen LogP contribution < -0.4 is 10.6 Å². The minimum absolute atomic E-state index is 0.209. The Hall–Kier alpha value is -3.25. The lowest BCUT2D eigenvalue weighted by atomic mass is 10.2. The highest BCUT2D eigenvalue weighted by Crippen LogP contribution is 2.25. The number of hydrogen-bond donors (Lipinski definition) is 2. The van der Waals surface area contributed by atoms with E-state index in [-0.39, 0.29) is 11.8 Å². The molecule has 26 heavy (non-hydrogen) atoms. The molecule has 2 N–H and O–H groups in total. The Balaban J connectivity index is 1.73. The van der Waals surface area contributed by atoms with Crippen molar-refractivity contribution in [2.75, 3.05) is 10.6 Å². The summed E-state index contributed by atoms with van der Waals surface area (Å²) in [6, 6.07) is 12.3. The van der Waals surface area contributed by atoms with E-state index < -0.39 is 0 Å². The zero-order valence-electron chi connectivity index (χ0n) is 13.9. The zero-order chi connectivity index (χ0) is 18.5. The molecule has 1 aromatic heterocycles. The maximum Gasteiger partial charge on any atom is 0.248 e. The number of amides is 2. The zero-order valence-corrected chi connectivity index (χ0v) is 14.6. The van der Waals surface area contributed by atoms with Gasteiger partial charge in [-0.3, -0.25) is 14.6 Å². The van der Waals surface area contributed by atoms with Gasteiger partial charge in [0.2, 0.25) is 11.8 Å². The fourth-order valence-corrected chi connectivity index (χ4v) is 2.45. The van der Waals surface area contributed by atoms with Crippen molar-refractivity contribution < 1.29 is 9.59 Å². The summed E-state index contributed by atoms with van der Waals surface area (Å²) < 4.78 is 0. The fraction of sp³-hybridized carbons (Fsp3) is 0.0526. The summed E-state index contributed by atoms with van der Waals surface area (Å²) in [5.74, 6) is -0.582. The minimum Gasteiger partial charge on any atom is -0.326 e. The maximum absolute atomic E-state index is 12.1. The van der Waals surface area contributed by atoms with Crippen molar-refractivity contribution in [3.8, 4) is 0 Å². The van der Waals surface area contributed by atoms with Gasteiger partial charge in [-0.15, -0.1) is 0 Å². The number of anilines is 2. The van der Waals surface area contributed by atoms with E-state index in [9.17, 15) is 9.59 Å². The van der Waals surface area contributed by atoms with Gasteiger partial charge in [0.1, 0.15) is 0 Å². The third-order valence-electron chi connectivity index (χ3n) is 3.42. The van der Waals surface area contributed by atoms with Gasteiger partial charge in [0.05, 0.1) is 33.6 Å². The molecular weight excluding hydrogens is 352 g/mol. The number of nitrogens with zero attached hydrogens (tertiary/aromatic N) is 2. The molecule has 0 fully saturated rings. The van der Waals surface area contributed by atoms with Crippen LogP contribution in [0.5, 0.6) is 0 Å². The molecule has 0 spiro atoms. The SMILES string of the molecule is CC(=O)Nc1ccc(Cl)c(NC(=O)/C=C/c2cnc3ccccc3n2)c1. The van der Waals surface area contributed by atoms with Crippen LogP contribution in [0.25, 0.3) is 17.1 Å². The van der Waals surface area contributed by atoms with Crippen LogP contribution >= 0.6 is 11.6 Å². The van der Waals surface area contributed by atoms with Gasteiger partial charge < -0.3 is 10.6 Å². The molecule has 0 unspecified atom stereocenters. The Morgan fingerprint density at radius 2 is 1.85 bits per heavy atom. The lowest BCUT2D eigenvalue weighted by Gasteiger charge is -2.08. The number of benzene rings is 2. The first kappa shape index (κ1) is 17.6. The van der Waals surface area contributed by atoms with Crippen molar-refractivity contribution in [1.29, 1.82) is 0 Å². The Labute approximate surface area is 154 Å². The van der Waals surface area contributed by atoms with E-state index in [1.807, 2.05) is 24.3 Å². The molecule has 7 heteroatoms. The molecule has 0 saturated heterocycles.